The van der Waals surface area contributed by atoms with Crippen LogP contribution in [-0.2, 0) is 14.8 Å². The van der Waals surface area contributed by atoms with E-state index in [1.54, 1.807) is 0 Å². The Balaban J connectivity index is 3.18. The SMILES string of the molecule is CN/C(=C\O)S(=O)(=O)Nc1ccc(C(=O)OC)cc1OC. The van der Waals surface area contributed by atoms with E-state index in [9.17, 15) is 13.2 Å². The zero-order valence-corrected chi connectivity index (χ0v) is 12.5. The molecule has 9 heteroatoms. The van der Waals surface area contributed by atoms with Gasteiger partial charge >= 0.3 is 5.97 Å². The number of carbonyl (C=O) groups excluding carboxylic acids is 1. The first-order valence-corrected chi connectivity index (χ1v) is 7.19. The fourth-order valence-electron chi connectivity index (χ4n) is 1.49. The summed E-state index contributed by atoms with van der Waals surface area (Å²) in [6.45, 7) is 0. The molecule has 21 heavy (non-hydrogen) atoms. The molecule has 0 aromatic heterocycles. The fourth-order valence-corrected chi connectivity index (χ4v) is 2.46. The van der Waals surface area contributed by atoms with Gasteiger partial charge in [-0.25, -0.2) is 4.79 Å². The second-order valence-electron chi connectivity index (χ2n) is 3.76. The number of hydrogen-bond donors (Lipinski definition) is 3. The van der Waals surface area contributed by atoms with Crippen molar-refractivity contribution in [2.24, 2.45) is 0 Å². The van der Waals surface area contributed by atoms with Gasteiger partial charge in [-0.1, -0.05) is 0 Å². The number of methoxy groups -OCH3 is 2. The van der Waals surface area contributed by atoms with Gasteiger partial charge in [0.05, 0.1) is 25.5 Å². The Labute approximate surface area is 122 Å². The van der Waals surface area contributed by atoms with Gasteiger partial charge in [0.25, 0.3) is 10.0 Å². The van der Waals surface area contributed by atoms with Crippen molar-refractivity contribution in [3.63, 3.8) is 0 Å². The Morgan fingerprint density at radius 2 is 2.00 bits per heavy atom. The summed E-state index contributed by atoms with van der Waals surface area (Å²) in [6.07, 6.45) is 0.428. The first kappa shape index (κ1) is 16.6. The molecule has 0 bridgehead atoms. The lowest BCUT2D eigenvalue weighted by atomic mass is 10.2. The van der Waals surface area contributed by atoms with Crippen LogP contribution in [0.5, 0.6) is 5.75 Å². The van der Waals surface area contributed by atoms with Crippen molar-refractivity contribution < 1.29 is 27.8 Å². The first-order chi connectivity index (χ1) is 9.89. The van der Waals surface area contributed by atoms with Gasteiger partial charge in [0.2, 0.25) is 0 Å². The van der Waals surface area contributed by atoms with Crippen molar-refractivity contribution in [3.05, 3.63) is 35.1 Å². The highest BCUT2D eigenvalue weighted by Gasteiger charge is 2.19. The van der Waals surface area contributed by atoms with Crippen LogP contribution in [0.2, 0.25) is 0 Å². The van der Waals surface area contributed by atoms with Crippen LogP contribution in [0.15, 0.2) is 29.5 Å². The highest BCUT2D eigenvalue weighted by atomic mass is 32.2. The van der Waals surface area contributed by atoms with Gasteiger partial charge in [-0.15, -0.1) is 0 Å². The smallest absolute Gasteiger partial charge is 0.337 e. The standard InChI is InChI=1S/C12H16N2O6S/c1-13-11(7-15)21(17,18)14-9-5-4-8(12(16)20-3)6-10(9)19-2/h4-7,13-15H,1-3H3/b11-7+. The van der Waals surface area contributed by atoms with Gasteiger partial charge in [0, 0.05) is 7.05 Å². The van der Waals surface area contributed by atoms with E-state index in [1.807, 2.05) is 0 Å². The molecule has 0 aliphatic heterocycles. The van der Waals surface area contributed by atoms with Gasteiger partial charge in [-0.3, -0.25) is 4.72 Å². The summed E-state index contributed by atoms with van der Waals surface area (Å²) in [5.41, 5.74) is 0.323. The zero-order chi connectivity index (χ0) is 16.0. The number of aliphatic hydroxyl groups is 1. The number of ether oxygens (including phenoxy) is 2. The molecule has 0 atom stereocenters. The summed E-state index contributed by atoms with van der Waals surface area (Å²) in [6, 6.07) is 4.08. The zero-order valence-electron chi connectivity index (χ0n) is 11.7. The topological polar surface area (TPSA) is 114 Å². The average Bonchev–Trinajstić information content (AvgIpc) is 2.47. The molecule has 1 rings (SSSR count). The largest absolute Gasteiger partial charge is 0.513 e. The Bertz CT molecular complexity index is 654. The van der Waals surface area contributed by atoms with E-state index in [0.717, 1.165) is 0 Å². The molecule has 8 nitrogen and oxygen atoms in total. The maximum absolute atomic E-state index is 12.0. The Kier molecular flexibility index (Phi) is 5.42. The fraction of sp³-hybridized carbons (Fsp3) is 0.250. The molecule has 0 heterocycles. The number of benzene rings is 1. The molecule has 1 aromatic carbocycles. The molecule has 0 unspecified atom stereocenters. The molecule has 0 amide bonds. The highest BCUT2D eigenvalue weighted by Crippen LogP contribution is 2.27. The number of carbonyl (C=O) groups is 1. The minimum absolute atomic E-state index is 0.111. The van der Waals surface area contributed by atoms with Crippen molar-refractivity contribution in [1.29, 1.82) is 0 Å². The minimum Gasteiger partial charge on any atom is -0.513 e. The highest BCUT2D eigenvalue weighted by molar-refractivity contribution is 7.96. The predicted octanol–water partition coefficient (Wildman–Crippen LogP) is 0.800. The number of sulfonamides is 1. The van der Waals surface area contributed by atoms with Gasteiger partial charge in [0.1, 0.15) is 12.0 Å². The third-order valence-corrected chi connectivity index (χ3v) is 3.90. The summed E-state index contributed by atoms with van der Waals surface area (Å²) >= 11 is 0. The van der Waals surface area contributed by atoms with E-state index < -0.39 is 21.0 Å². The van der Waals surface area contributed by atoms with Crippen LogP contribution in [0, 0.1) is 0 Å². The lowest BCUT2D eigenvalue weighted by Crippen LogP contribution is -2.23. The molecule has 0 aliphatic rings. The monoisotopic (exact) mass is 316 g/mol. The normalized spacial score (nSPS) is 11.7. The molecule has 0 saturated heterocycles. The van der Waals surface area contributed by atoms with Crippen molar-refractivity contribution in [2.45, 2.75) is 0 Å². The quantitative estimate of drug-likeness (QED) is 0.525. The van der Waals surface area contributed by atoms with Crippen LogP contribution in [-0.4, -0.2) is 40.8 Å². The van der Waals surface area contributed by atoms with Crippen molar-refractivity contribution in [2.75, 3.05) is 26.0 Å². The molecule has 0 radical (unpaired) electrons. The van der Waals surface area contributed by atoms with Crippen LogP contribution in [0.4, 0.5) is 5.69 Å². The Hall–Kier alpha value is -2.42. The van der Waals surface area contributed by atoms with E-state index in [-0.39, 0.29) is 17.0 Å². The average molecular weight is 316 g/mol. The van der Waals surface area contributed by atoms with E-state index in [0.29, 0.717) is 6.26 Å². The van der Waals surface area contributed by atoms with Gasteiger partial charge < -0.3 is 19.9 Å². The predicted molar refractivity (Wildman–Crippen MR) is 76.6 cm³/mol. The number of nitrogens with one attached hydrogen (secondary N) is 2. The summed E-state index contributed by atoms with van der Waals surface area (Å²) in [5, 5.41) is 10.8. The summed E-state index contributed by atoms with van der Waals surface area (Å²) < 4.78 is 35.7. The maximum atomic E-state index is 12.0. The van der Waals surface area contributed by atoms with Crippen molar-refractivity contribution in [3.8, 4) is 5.75 Å². The molecular weight excluding hydrogens is 300 g/mol. The molecule has 1 aromatic rings. The van der Waals surface area contributed by atoms with Gasteiger partial charge in [-0.05, 0) is 18.2 Å². The van der Waals surface area contributed by atoms with Crippen LogP contribution in [0.3, 0.4) is 0 Å². The first-order valence-electron chi connectivity index (χ1n) is 5.71. The third kappa shape index (κ3) is 3.78. The van der Waals surface area contributed by atoms with E-state index in [2.05, 4.69) is 14.8 Å². The Morgan fingerprint density at radius 3 is 2.48 bits per heavy atom. The second kappa shape index (κ2) is 6.84. The van der Waals surface area contributed by atoms with E-state index in [4.69, 9.17) is 9.84 Å². The van der Waals surface area contributed by atoms with Gasteiger partial charge in [-0.2, -0.15) is 8.42 Å². The molecule has 0 aliphatic carbocycles. The van der Waals surface area contributed by atoms with Crippen LogP contribution < -0.4 is 14.8 Å². The lowest BCUT2D eigenvalue weighted by molar-refractivity contribution is 0.0600. The lowest BCUT2D eigenvalue weighted by Gasteiger charge is -2.13. The molecule has 0 fully saturated rings. The molecule has 116 valence electrons. The number of hydrogen-bond acceptors (Lipinski definition) is 7. The Morgan fingerprint density at radius 1 is 1.33 bits per heavy atom. The number of aliphatic hydroxyl groups excluding tert-OH is 1. The molecule has 0 spiro atoms. The van der Waals surface area contributed by atoms with Gasteiger partial charge in [0.15, 0.2) is 5.03 Å². The molecule has 3 N–H and O–H groups in total. The summed E-state index contributed by atoms with van der Waals surface area (Å²) in [4.78, 5) is 11.4. The number of esters is 1. The molecular formula is C12H16N2O6S. The van der Waals surface area contributed by atoms with Crippen molar-refractivity contribution >= 4 is 21.7 Å². The number of rotatable bonds is 6. The van der Waals surface area contributed by atoms with Crippen LogP contribution >= 0.6 is 0 Å². The number of anilines is 1. The van der Waals surface area contributed by atoms with Crippen molar-refractivity contribution in [1.82, 2.24) is 5.32 Å². The summed E-state index contributed by atoms with van der Waals surface area (Å²) in [5.74, 6) is -0.441. The third-order valence-electron chi connectivity index (χ3n) is 2.52. The van der Waals surface area contributed by atoms with Crippen LogP contribution in [0.1, 0.15) is 10.4 Å². The molecule has 0 saturated carbocycles. The maximum Gasteiger partial charge on any atom is 0.337 e. The second-order valence-corrected chi connectivity index (χ2v) is 5.41. The van der Waals surface area contributed by atoms with Crippen LogP contribution in [0.25, 0.3) is 0 Å². The minimum atomic E-state index is -3.99. The van der Waals surface area contributed by atoms with E-state index >= 15 is 0 Å². The van der Waals surface area contributed by atoms with E-state index in [1.165, 1.54) is 39.5 Å². The summed E-state index contributed by atoms with van der Waals surface area (Å²) in [7, 11) is -0.0857.